The summed E-state index contributed by atoms with van der Waals surface area (Å²) in [6.07, 6.45) is 5.41. The molecule has 114 valence electrons. The van der Waals surface area contributed by atoms with Crippen LogP contribution in [0, 0.1) is 5.92 Å². The molecule has 0 saturated heterocycles. The normalized spacial score (nSPS) is 15.1. The molecular formula is C16H25N5. The van der Waals surface area contributed by atoms with Crippen LogP contribution in [0.5, 0.6) is 0 Å². The number of hydrogen-bond acceptors (Lipinski definition) is 3. The highest BCUT2D eigenvalue weighted by atomic mass is 15.3. The number of aryl methyl sites for hydroxylation is 2. The average Bonchev–Trinajstić information content (AvgIpc) is 3.13. The summed E-state index contributed by atoms with van der Waals surface area (Å²) in [5.41, 5.74) is 9.52. The van der Waals surface area contributed by atoms with E-state index in [0.717, 1.165) is 35.7 Å². The van der Waals surface area contributed by atoms with Crippen LogP contribution in [0.15, 0.2) is 6.20 Å². The smallest absolute Gasteiger partial charge is 0.131 e. The lowest BCUT2D eigenvalue weighted by Crippen LogP contribution is -2.11. The number of aromatic nitrogens is 4. The van der Waals surface area contributed by atoms with E-state index in [9.17, 15) is 0 Å². The van der Waals surface area contributed by atoms with Gasteiger partial charge in [0.15, 0.2) is 0 Å². The van der Waals surface area contributed by atoms with E-state index in [1.54, 1.807) is 0 Å². The molecule has 2 heterocycles. The zero-order chi connectivity index (χ0) is 15.1. The van der Waals surface area contributed by atoms with E-state index in [2.05, 4.69) is 30.4 Å². The first-order valence-electron chi connectivity index (χ1n) is 7.90. The van der Waals surface area contributed by atoms with Gasteiger partial charge in [-0.25, -0.2) is 4.98 Å². The molecule has 2 aromatic heterocycles. The Balaban J connectivity index is 2.10. The fourth-order valence-corrected chi connectivity index (χ4v) is 2.89. The van der Waals surface area contributed by atoms with Gasteiger partial charge >= 0.3 is 0 Å². The highest BCUT2D eigenvalue weighted by Crippen LogP contribution is 2.42. The van der Waals surface area contributed by atoms with Crippen molar-refractivity contribution < 1.29 is 0 Å². The Hall–Kier alpha value is -1.78. The van der Waals surface area contributed by atoms with Gasteiger partial charge in [0.2, 0.25) is 0 Å². The minimum absolute atomic E-state index is 0.561. The van der Waals surface area contributed by atoms with Crippen molar-refractivity contribution in [2.45, 2.75) is 52.5 Å². The predicted octanol–water partition coefficient (Wildman–Crippen LogP) is 2.96. The molecule has 3 rings (SSSR count). The van der Waals surface area contributed by atoms with Gasteiger partial charge in [0, 0.05) is 31.3 Å². The molecule has 1 saturated carbocycles. The van der Waals surface area contributed by atoms with Gasteiger partial charge in [-0.15, -0.1) is 0 Å². The van der Waals surface area contributed by atoms with E-state index >= 15 is 0 Å². The molecule has 0 aromatic carbocycles. The number of nitrogen functional groups attached to an aromatic ring is 1. The van der Waals surface area contributed by atoms with Crippen LogP contribution in [0.4, 0.5) is 5.82 Å². The highest BCUT2D eigenvalue weighted by Gasteiger charge is 2.31. The third-order valence-corrected chi connectivity index (χ3v) is 4.02. The molecule has 5 nitrogen and oxygen atoms in total. The number of imidazole rings is 1. The Labute approximate surface area is 126 Å². The monoisotopic (exact) mass is 287 g/mol. The van der Waals surface area contributed by atoms with Crippen LogP contribution in [0.2, 0.25) is 0 Å². The molecule has 0 bridgehead atoms. The van der Waals surface area contributed by atoms with Gasteiger partial charge in [0.25, 0.3) is 0 Å². The summed E-state index contributed by atoms with van der Waals surface area (Å²) in [6.45, 7) is 7.50. The van der Waals surface area contributed by atoms with Crippen molar-refractivity contribution in [2.24, 2.45) is 13.0 Å². The fourth-order valence-electron chi connectivity index (χ4n) is 2.89. The average molecular weight is 287 g/mol. The van der Waals surface area contributed by atoms with E-state index in [4.69, 9.17) is 10.7 Å². The van der Waals surface area contributed by atoms with E-state index in [1.807, 2.05) is 17.9 Å². The molecule has 0 aliphatic heterocycles. The number of nitrogens with two attached hydrogens (primary N) is 1. The molecule has 0 unspecified atom stereocenters. The number of nitrogens with zero attached hydrogens (tertiary/aromatic N) is 4. The molecule has 0 radical (unpaired) electrons. The summed E-state index contributed by atoms with van der Waals surface area (Å²) in [5, 5.41) is 4.52. The van der Waals surface area contributed by atoms with Crippen molar-refractivity contribution >= 4 is 5.82 Å². The summed E-state index contributed by atoms with van der Waals surface area (Å²) in [4.78, 5) is 4.90. The molecule has 2 aromatic rings. The lowest BCUT2D eigenvalue weighted by Gasteiger charge is -2.11. The largest absolute Gasteiger partial charge is 0.383 e. The van der Waals surface area contributed by atoms with Crippen molar-refractivity contribution in [3.63, 3.8) is 0 Å². The maximum Gasteiger partial charge on any atom is 0.131 e. The van der Waals surface area contributed by atoms with Crippen LogP contribution in [-0.2, 0) is 20.0 Å². The van der Waals surface area contributed by atoms with Crippen LogP contribution >= 0.6 is 0 Å². The lowest BCUT2D eigenvalue weighted by atomic mass is 10.1. The summed E-state index contributed by atoms with van der Waals surface area (Å²) in [6, 6.07) is 0. The first-order valence-corrected chi connectivity index (χ1v) is 7.90. The Morgan fingerprint density at radius 1 is 1.38 bits per heavy atom. The first kappa shape index (κ1) is 14.2. The van der Waals surface area contributed by atoms with E-state index < -0.39 is 0 Å². The van der Waals surface area contributed by atoms with E-state index in [1.165, 1.54) is 18.7 Å². The SMILES string of the molecule is CCc1nn(C)cc1-c1nc(C2CC2)n(CC(C)C)c1N. The molecule has 2 N–H and O–H groups in total. The standard InChI is InChI=1S/C16H25N5/c1-5-13-12(9-20(4)19-13)14-15(17)21(8-10(2)3)16(18-14)11-6-7-11/h9-11H,5-8,17H2,1-4H3. The second-order valence-corrected chi connectivity index (χ2v) is 6.50. The molecule has 0 spiro atoms. The Morgan fingerprint density at radius 2 is 2.10 bits per heavy atom. The minimum atomic E-state index is 0.561. The maximum absolute atomic E-state index is 6.45. The van der Waals surface area contributed by atoms with Crippen molar-refractivity contribution in [3.05, 3.63) is 17.7 Å². The topological polar surface area (TPSA) is 61.7 Å². The Morgan fingerprint density at radius 3 is 2.67 bits per heavy atom. The van der Waals surface area contributed by atoms with Crippen LogP contribution < -0.4 is 5.73 Å². The Kier molecular flexibility index (Phi) is 3.51. The number of anilines is 1. The van der Waals surface area contributed by atoms with Gasteiger partial charge in [-0.2, -0.15) is 5.10 Å². The summed E-state index contributed by atoms with van der Waals surface area (Å²) in [7, 11) is 1.95. The lowest BCUT2D eigenvalue weighted by molar-refractivity contribution is 0.512. The molecule has 1 aliphatic carbocycles. The number of rotatable bonds is 5. The van der Waals surface area contributed by atoms with Gasteiger partial charge in [-0.3, -0.25) is 4.68 Å². The first-order chi connectivity index (χ1) is 10.0. The van der Waals surface area contributed by atoms with Gasteiger partial charge in [0.1, 0.15) is 17.3 Å². The van der Waals surface area contributed by atoms with Crippen molar-refractivity contribution in [1.29, 1.82) is 0 Å². The molecule has 1 aliphatic rings. The van der Waals surface area contributed by atoms with Crippen LogP contribution in [0.1, 0.15) is 51.0 Å². The molecule has 0 amide bonds. The maximum atomic E-state index is 6.45. The number of hydrogen-bond donors (Lipinski definition) is 1. The van der Waals surface area contributed by atoms with Crippen LogP contribution in [0.25, 0.3) is 11.3 Å². The quantitative estimate of drug-likeness (QED) is 0.919. The van der Waals surface area contributed by atoms with Gasteiger partial charge in [-0.05, 0) is 25.2 Å². The van der Waals surface area contributed by atoms with Crippen LogP contribution in [0.3, 0.4) is 0 Å². The zero-order valence-electron chi connectivity index (χ0n) is 13.4. The molecule has 0 atom stereocenters. The van der Waals surface area contributed by atoms with E-state index in [-0.39, 0.29) is 0 Å². The third-order valence-electron chi connectivity index (χ3n) is 4.02. The van der Waals surface area contributed by atoms with Crippen molar-refractivity contribution in [1.82, 2.24) is 19.3 Å². The summed E-state index contributed by atoms with van der Waals surface area (Å²) >= 11 is 0. The van der Waals surface area contributed by atoms with Gasteiger partial charge in [0.05, 0.1) is 5.69 Å². The Bertz CT molecular complexity index is 646. The van der Waals surface area contributed by atoms with Crippen molar-refractivity contribution in [2.75, 3.05) is 5.73 Å². The predicted molar refractivity (Wildman–Crippen MR) is 85.0 cm³/mol. The molecule has 21 heavy (non-hydrogen) atoms. The third kappa shape index (κ3) is 2.57. The van der Waals surface area contributed by atoms with Gasteiger partial charge in [-0.1, -0.05) is 20.8 Å². The second kappa shape index (κ2) is 5.20. The summed E-state index contributed by atoms with van der Waals surface area (Å²) < 4.78 is 4.08. The minimum Gasteiger partial charge on any atom is -0.383 e. The van der Waals surface area contributed by atoms with Gasteiger partial charge < -0.3 is 10.3 Å². The van der Waals surface area contributed by atoms with E-state index in [0.29, 0.717) is 11.8 Å². The fraction of sp³-hybridized carbons (Fsp3) is 0.625. The molecular weight excluding hydrogens is 262 g/mol. The summed E-state index contributed by atoms with van der Waals surface area (Å²) in [5.74, 6) is 3.13. The highest BCUT2D eigenvalue weighted by molar-refractivity contribution is 5.72. The van der Waals surface area contributed by atoms with Crippen LogP contribution in [-0.4, -0.2) is 19.3 Å². The molecule has 5 heteroatoms. The molecule has 1 fully saturated rings. The second-order valence-electron chi connectivity index (χ2n) is 6.50. The van der Waals surface area contributed by atoms with Crippen molar-refractivity contribution in [3.8, 4) is 11.3 Å². The zero-order valence-corrected chi connectivity index (χ0v) is 13.4.